The Bertz CT molecular complexity index is 1380. The van der Waals surface area contributed by atoms with Gasteiger partial charge < -0.3 is 15.0 Å². The van der Waals surface area contributed by atoms with E-state index in [1.807, 2.05) is 24.3 Å². The fraction of sp³-hybridized carbons (Fsp3) is 0.174. The van der Waals surface area contributed by atoms with E-state index in [4.69, 9.17) is 4.74 Å². The predicted octanol–water partition coefficient (Wildman–Crippen LogP) is 4.42. The molecule has 0 spiro atoms. The van der Waals surface area contributed by atoms with Gasteiger partial charge in [0.05, 0.1) is 22.5 Å². The number of azo groups is 1. The van der Waals surface area contributed by atoms with Crippen molar-refractivity contribution < 1.29 is 14.3 Å². The molecule has 4 aromatic rings. The first-order valence-corrected chi connectivity index (χ1v) is 11.3. The van der Waals surface area contributed by atoms with Crippen LogP contribution in [0.3, 0.4) is 0 Å². The number of nitrogens with zero attached hydrogens (tertiary/aromatic N) is 7. The zero-order valence-corrected chi connectivity index (χ0v) is 19.9. The number of nitrogens with one attached hydrogen (secondary N) is 1. The topological polar surface area (TPSA) is 127 Å². The molecule has 4 rings (SSSR count). The maximum atomic E-state index is 12.3. The van der Waals surface area contributed by atoms with Gasteiger partial charge in [0.2, 0.25) is 16.9 Å². The van der Waals surface area contributed by atoms with Gasteiger partial charge in [0.1, 0.15) is 12.0 Å². The van der Waals surface area contributed by atoms with E-state index in [1.54, 1.807) is 25.3 Å². The third-order valence-corrected chi connectivity index (χ3v) is 5.79. The highest BCUT2D eigenvalue weighted by Gasteiger charge is 2.16. The minimum absolute atomic E-state index is 0.130. The Morgan fingerprint density at radius 1 is 1.26 bits per heavy atom. The first-order chi connectivity index (χ1) is 17.0. The summed E-state index contributed by atoms with van der Waals surface area (Å²) >= 11 is 1.48. The zero-order chi connectivity index (χ0) is 24.8. The lowest BCUT2D eigenvalue weighted by molar-refractivity contribution is -0.115. The van der Waals surface area contributed by atoms with Crippen molar-refractivity contribution in [3.05, 3.63) is 61.4 Å². The van der Waals surface area contributed by atoms with E-state index in [0.717, 1.165) is 10.2 Å². The first kappa shape index (κ1) is 23.9. The van der Waals surface area contributed by atoms with Crippen molar-refractivity contribution in [2.24, 2.45) is 10.2 Å². The Kier molecular flexibility index (Phi) is 7.33. The second-order valence-electron chi connectivity index (χ2n) is 7.22. The van der Waals surface area contributed by atoms with Crippen molar-refractivity contribution in [3.8, 4) is 5.13 Å². The SMILES string of the molecule is C=CC(=O)N(CCOC)c1ccc(N=Nc2ncn(-c3nc4ccccc4s3)n2)c(NC(C)=O)c1. The Morgan fingerprint density at radius 2 is 2.09 bits per heavy atom. The smallest absolute Gasteiger partial charge is 0.287 e. The van der Waals surface area contributed by atoms with Crippen LogP contribution in [0, 0.1) is 0 Å². The highest BCUT2D eigenvalue weighted by molar-refractivity contribution is 7.20. The number of methoxy groups -OCH3 is 1. The Morgan fingerprint density at radius 3 is 2.83 bits per heavy atom. The molecule has 0 aliphatic heterocycles. The number of fused-ring (bicyclic) bond motifs is 1. The summed E-state index contributed by atoms with van der Waals surface area (Å²) in [4.78, 5) is 34.3. The summed E-state index contributed by atoms with van der Waals surface area (Å²) in [5, 5.41) is 16.0. The summed E-state index contributed by atoms with van der Waals surface area (Å²) in [6.45, 7) is 5.58. The van der Waals surface area contributed by atoms with Crippen molar-refractivity contribution in [3.63, 3.8) is 0 Å². The van der Waals surface area contributed by atoms with Crippen LogP contribution < -0.4 is 10.2 Å². The lowest BCUT2D eigenvalue weighted by atomic mass is 10.2. The van der Waals surface area contributed by atoms with E-state index in [2.05, 4.69) is 37.2 Å². The molecule has 2 aromatic heterocycles. The van der Waals surface area contributed by atoms with Gasteiger partial charge in [-0.25, -0.2) is 4.98 Å². The van der Waals surface area contributed by atoms with Crippen LogP contribution in [-0.2, 0) is 14.3 Å². The first-order valence-electron chi connectivity index (χ1n) is 10.5. The molecule has 0 aliphatic rings. The number of para-hydroxylation sites is 1. The molecule has 2 aromatic carbocycles. The molecule has 0 saturated heterocycles. The van der Waals surface area contributed by atoms with Gasteiger partial charge in [-0.1, -0.05) is 30.0 Å². The molecule has 0 radical (unpaired) electrons. The van der Waals surface area contributed by atoms with E-state index in [9.17, 15) is 9.59 Å². The number of amides is 2. The van der Waals surface area contributed by atoms with Crippen molar-refractivity contribution >= 4 is 56.4 Å². The van der Waals surface area contributed by atoms with E-state index >= 15 is 0 Å². The van der Waals surface area contributed by atoms with E-state index in [1.165, 1.54) is 40.2 Å². The maximum Gasteiger partial charge on any atom is 0.287 e. The van der Waals surface area contributed by atoms with Gasteiger partial charge in [0.25, 0.3) is 5.95 Å². The minimum Gasteiger partial charge on any atom is -0.383 e. The number of anilines is 2. The molecule has 2 amide bonds. The Labute approximate surface area is 204 Å². The van der Waals surface area contributed by atoms with Crippen LogP contribution in [0.5, 0.6) is 0 Å². The van der Waals surface area contributed by atoms with Crippen LogP contribution in [0.4, 0.5) is 23.0 Å². The van der Waals surface area contributed by atoms with Crippen LogP contribution in [0.25, 0.3) is 15.3 Å². The number of rotatable bonds is 9. The number of ether oxygens (including phenoxy) is 1. The zero-order valence-electron chi connectivity index (χ0n) is 19.1. The maximum absolute atomic E-state index is 12.3. The number of aromatic nitrogens is 4. The van der Waals surface area contributed by atoms with Gasteiger partial charge in [0.15, 0.2) is 0 Å². The summed E-state index contributed by atoms with van der Waals surface area (Å²) in [6, 6.07) is 12.8. The van der Waals surface area contributed by atoms with Crippen LogP contribution in [0.1, 0.15) is 6.92 Å². The minimum atomic E-state index is -0.296. The standard InChI is InChI=1S/C23H22N8O3S/c1-4-21(33)30(11-12-34-3)16-9-10-17(19(13-16)25-15(2)32)27-28-22-24-14-31(29-22)23-26-18-7-5-6-8-20(18)35-23/h4-10,13-14H,1,11-12H2,2-3H3,(H,25,32). The predicted molar refractivity (Wildman–Crippen MR) is 134 cm³/mol. The normalized spacial score (nSPS) is 11.1. The highest BCUT2D eigenvalue weighted by Crippen LogP contribution is 2.32. The average molecular weight is 491 g/mol. The number of benzene rings is 2. The monoisotopic (exact) mass is 490 g/mol. The van der Waals surface area contributed by atoms with Crippen molar-refractivity contribution in [1.29, 1.82) is 0 Å². The molecule has 0 saturated carbocycles. The van der Waals surface area contributed by atoms with Crippen molar-refractivity contribution in [2.75, 3.05) is 30.5 Å². The van der Waals surface area contributed by atoms with E-state index in [-0.39, 0.29) is 17.8 Å². The van der Waals surface area contributed by atoms with Crippen LogP contribution in [0.2, 0.25) is 0 Å². The van der Waals surface area contributed by atoms with Gasteiger partial charge in [-0.2, -0.15) is 9.67 Å². The third-order valence-electron chi connectivity index (χ3n) is 4.77. The number of carbonyl (C=O) groups excluding carboxylic acids is 2. The van der Waals surface area contributed by atoms with Gasteiger partial charge in [0, 0.05) is 26.3 Å². The van der Waals surface area contributed by atoms with Crippen molar-refractivity contribution in [1.82, 2.24) is 19.7 Å². The fourth-order valence-electron chi connectivity index (χ4n) is 3.18. The molecular formula is C23H22N8O3S. The molecule has 0 bridgehead atoms. The summed E-state index contributed by atoms with van der Waals surface area (Å²) in [6.07, 6.45) is 2.73. The van der Waals surface area contributed by atoms with Crippen molar-refractivity contribution in [2.45, 2.75) is 6.92 Å². The molecular weight excluding hydrogens is 468 g/mol. The van der Waals surface area contributed by atoms with Gasteiger partial charge in [-0.05, 0) is 36.4 Å². The van der Waals surface area contributed by atoms with E-state index < -0.39 is 0 Å². The number of hydrogen-bond acceptors (Lipinski definition) is 9. The highest BCUT2D eigenvalue weighted by atomic mass is 32.1. The molecule has 0 unspecified atom stereocenters. The Balaban J connectivity index is 1.60. The largest absolute Gasteiger partial charge is 0.383 e. The summed E-state index contributed by atoms with van der Waals surface area (Å²) in [5.74, 6) is -0.462. The molecule has 0 fully saturated rings. The van der Waals surface area contributed by atoms with Gasteiger partial charge >= 0.3 is 0 Å². The summed E-state index contributed by atoms with van der Waals surface area (Å²) < 4.78 is 7.67. The van der Waals surface area contributed by atoms with Gasteiger partial charge in [-0.15, -0.1) is 15.3 Å². The molecule has 0 aliphatic carbocycles. The molecule has 2 heterocycles. The molecule has 11 nitrogen and oxygen atoms in total. The number of carbonyl (C=O) groups is 2. The average Bonchev–Trinajstić information content (AvgIpc) is 3.50. The molecule has 12 heteroatoms. The third kappa shape index (κ3) is 5.62. The lowest BCUT2D eigenvalue weighted by Gasteiger charge is -2.22. The quantitative estimate of drug-likeness (QED) is 0.273. The number of thiazole rings is 1. The van der Waals surface area contributed by atoms with Crippen LogP contribution in [-0.4, -0.2) is 51.8 Å². The van der Waals surface area contributed by atoms with Crippen LogP contribution in [0.15, 0.2) is 71.7 Å². The van der Waals surface area contributed by atoms with Gasteiger partial charge in [-0.3, -0.25) is 9.59 Å². The summed E-state index contributed by atoms with van der Waals surface area (Å²) in [5.41, 5.74) is 2.18. The second-order valence-corrected chi connectivity index (χ2v) is 8.23. The summed E-state index contributed by atoms with van der Waals surface area (Å²) in [7, 11) is 1.55. The van der Waals surface area contributed by atoms with E-state index in [0.29, 0.717) is 35.3 Å². The molecule has 1 N–H and O–H groups in total. The molecule has 35 heavy (non-hydrogen) atoms. The fourth-order valence-corrected chi connectivity index (χ4v) is 4.06. The molecule has 178 valence electrons. The molecule has 0 atom stereocenters. The van der Waals surface area contributed by atoms with Crippen LogP contribution >= 0.6 is 11.3 Å². The lowest BCUT2D eigenvalue weighted by Crippen LogP contribution is -2.32. The number of hydrogen-bond donors (Lipinski definition) is 1. The Hall–Kier alpha value is -4.29. The second kappa shape index (κ2) is 10.8.